The lowest BCUT2D eigenvalue weighted by atomic mass is 10.3. The minimum Gasteiger partial charge on any atom is -0.494 e. The summed E-state index contributed by atoms with van der Waals surface area (Å²) in [6.45, 7) is 4.08. The summed E-state index contributed by atoms with van der Waals surface area (Å²) in [5.41, 5.74) is 5.85. The number of ether oxygens (including phenoxy) is 1. The van der Waals surface area contributed by atoms with Crippen LogP contribution in [0.25, 0.3) is 0 Å². The highest BCUT2D eigenvalue weighted by Crippen LogP contribution is 2.10. The van der Waals surface area contributed by atoms with E-state index in [1.807, 2.05) is 30.3 Å². The molecule has 1 aromatic carbocycles. The maximum atomic E-state index is 5.85. The first-order valence-corrected chi connectivity index (χ1v) is 6.00. The Kier molecular flexibility index (Phi) is 4.19. The molecule has 0 unspecified atom stereocenters. The summed E-state index contributed by atoms with van der Waals surface area (Å²) in [7, 11) is 0. The van der Waals surface area contributed by atoms with E-state index in [-0.39, 0.29) is 0 Å². The molecule has 0 aliphatic carbocycles. The van der Waals surface area contributed by atoms with Crippen LogP contribution in [0.1, 0.15) is 12.8 Å². The van der Waals surface area contributed by atoms with Crippen molar-refractivity contribution in [3.8, 4) is 5.75 Å². The Balaban J connectivity index is 1.59. The minimum atomic E-state index is 0.384. The molecule has 2 rings (SSSR count). The Morgan fingerprint density at radius 1 is 1.31 bits per heavy atom. The van der Waals surface area contributed by atoms with Crippen LogP contribution in [0.15, 0.2) is 30.3 Å². The molecule has 1 heterocycles. The Labute approximate surface area is 97.2 Å². The van der Waals surface area contributed by atoms with Gasteiger partial charge in [0.1, 0.15) is 5.75 Å². The molecule has 1 aliphatic rings. The van der Waals surface area contributed by atoms with Crippen molar-refractivity contribution in [3.05, 3.63) is 30.3 Å². The van der Waals surface area contributed by atoms with E-state index in [0.29, 0.717) is 6.04 Å². The lowest BCUT2D eigenvalue weighted by Crippen LogP contribution is -2.28. The number of likely N-dealkylation sites (tertiary alicyclic amines) is 1. The van der Waals surface area contributed by atoms with Crippen LogP contribution in [-0.4, -0.2) is 37.2 Å². The summed E-state index contributed by atoms with van der Waals surface area (Å²) < 4.78 is 5.63. The van der Waals surface area contributed by atoms with Gasteiger partial charge in [-0.05, 0) is 31.5 Å². The number of hydrogen-bond acceptors (Lipinski definition) is 3. The van der Waals surface area contributed by atoms with E-state index in [4.69, 9.17) is 10.5 Å². The van der Waals surface area contributed by atoms with E-state index in [0.717, 1.165) is 44.8 Å². The van der Waals surface area contributed by atoms with Crippen LogP contribution in [-0.2, 0) is 0 Å². The molecule has 1 aliphatic heterocycles. The average Bonchev–Trinajstić information content (AvgIpc) is 2.72. The van der Waals surface area contributed by atoms with Crippen molar-refractivity contribution in [1.29, 1.82) is 0 Å². The third-order valence-electron chi connectivity index (χ3n) is 2.94. The van der Waals surface area contributed by atoms with Crippen molar-refractivity contribution in [2.24, 2.45) is 5.73 Å². The van der Waals surface area contributed by atoms with Crippen LogP contribution in [0.3, 0.4) is 0 Å². The summed E-state index contributed by atoms with van der Waals surface area (Å²) in [5.74, 6) is 0.959. The lowest BCUT2D eigenvalue weighted by molar-refractivity contribution is 0.262. The first kappa shape index (κ1) is 11.4. The Morgan fingerprint density at radius 2 is 2.12 bits per heavy atom. The molecule has 3 nitrogen and oxygen atoms in total. The van der Waals surface area contributed by atoms with Crippen molar-refractivity contribution >= 4 is 0 Å². The van der Waals surface area contributed by atoms with Crippen LogP contribution in [0, 0.1) is 0 Å². The van der Waals surface area contributed by atoms with Crippen LogP contribution >= 0.6 is 0 Å². The molecule has 88 valence electrons. The first-order chi connectivity index (χ1) is 7.84. The van der Waals surface area contributed by atoms with Crippen LogP contribution in [0.4, 0.5) is 0 Å². The molecule has 1 aromatic rings. The van der Waals surface area contributed by atoms with E-state index in [2.05, 4.69) is 4.90 Å². The van der Waals surface area contributed by atoms with E-state index in [9.17, 15) is 0 Å². The number of nitrogens with zero attached hydrogens (tertiary/aromatic N) is 1. The summed E-state index contributed by atoms with van der Waals surface area (Å²) >= 11 is 0. The quantitative estimate of drug-likeness (QED) is 0.764. The maximum Gasteiger partial charge on any atom is 0.119 e. The second kappa shape index (κ2) is 5.87. The number of benzene rings is 1. The highest BCUT2D eigenvalue weighted by molar-refractivity contribution is 5.20. The second-order valence-electron chi connectivity index (χ2n) is 4.36. The van der Waals surface area contributed by atoms with Gasteiger partial charge in [0.05, 0.1) is 6.61 Å². The molecule has 3 heteroatoms. The average molecular weight is 220 g/mol. The molecule has 0 aromatic heterocycles. The fourth-order valence-electron chi connectivity index (χ4n) is 2.06. The fourth-order valence-corrected chi connectivity index (χ4v) is 2.06. The Bertz CT molecular complexity index is 302. The molecule has 0 amide bonds. The summed E-state index contributed by atoms with van der Waals surface area (Å²) in [6.07, 6.45) is 2.21. The van der Waals surface area contributed by atoms with Gasteiger partial charge >= 0.3 is 0 Å². The number of hydrogen-bond donors (Lipinski definition) is 1. The molecule has 0 spiro atoms. The maximum absolute atomic E-state index is 5.85. The van der Waals surface area contributed by atoms with Gasteiger partial charge < -0.3 is 15.4 Å². The summed E-state index contributed by atoms with van der Waals surface area (Å²) in [4.78, 5) is 2.42. The minimum absolute atomic E-state index is 0.384. The first-order valence-electron chi connectivity index (χ1n) is 6.00. The summed E-state index contributed by atoms with van der Waals surface area (Å²) in [6, 6.07) is 10.4. The van der Waals surface area contributed by atoms with E-state index in [1.165, 1.54) is 0 Å². The van der Waals surface area contributed by atoms with Crippen molar-refractivity contribution in [2.45, 2.75) is 18.9 Å². The predicted octanol–water partition coefficient (Wildman–Crippen LogP) is 1.49. The van der Waals surface area contributed by atoms with Crippen LogP contribution in [0.2, 0.25) is 0 Å². The highest BCUT2D eigenvalue weighted by Gasteiger charge is 2.17. The number of nitrogens with two attached hydrogens (primary N) is 1. The number of rotatable bonds is 5. The SMILES string of the molecule is N[C@@H]1CCN(CCCOc2ccccc2)C1. The molecule has 0 bridgehead atoms. The zero-order chi connectivity index (χ0) is 11.2. The van der Waals surface area contributed by atoms with Crippen molar-refractivity contribution < 1.29 is 4.74 Å². The van der Waals surface area contributed by atoms with Crippen molar-refractivity contribution in [1.82, 2.24) is 4.90 Å². The van der Waals surface area contributed by atoms with Gasteiger partial charge in [0, 0.05) is 19.1 Å². The van der Waals surface area contributed by atoms with Gasteiger partial charge in [-0.25, -0.2) is 0 Å². The molecule has 16 heavy (non-hydrogen) atoms. The van der Waals surface area contributed by atoms with Gasteiger partial charge in [0.25, 0.3) is 0 Å². The zero-order valence-electron chi connectivity index (χ0n) is 9.64. The Morgan fingerprint density at radius 3 is 2.81 bits per heavy atom. The monoisotopic (exact) mass is 220 g/mol. The third-order valence-corrected chi connectivity index (χ3v) is 2.94. The van der Waals surface area contributed by atoms with Gasteiger partial charge in [-0.3, -0.25) is 0 Å². The van der Waals surface area contributed by atoms with Crippen LogP contribution in [0.5, 0.6) is 5.75 Å². The van der Waals surface area contributed by atoms with Gasteiger partial charge in [-0.2, -0.15) is 0 Å². The van der Waals surface area contributed by atoms with Gasteiger partial charge in [-0.1, -0.05) is 18.2 Å². The van der Waals surface area contributed by atoms with E-state index >= 15 is 0 Å². The molecule has 0 radical (unpaired) electrons. The van der Waals surface area contributed by atoms with Gasteiger partial charge in [0.15, 0.2) is 0 Å². The van der Waals surface area contributed by atoms with Gasteiger partial charge in [0.2, 0.25) is 0 Å². The highest BCUT2D eigenvalue weighted by atomic mass is 16.5. The van der Waals surface area contributed by atoms with E-state index < -0.39 is 0 Å². The number of para-hydroxylation sites is 1. The van der Waals surface area contributed by atoms with Gasteiger partial charge in [-0.15, -0.1) is 0 Å². The standard InChI is InChI=1S/C13H20N2O/c14-12-7-9-15(11-12)8-4-10-16-13-5-2-1-3-6-13/h1-3,5-6,12H,4,7-11,14H2/t12-/m1/s1. The van der Waals surface area contributed by atoms with Crippen molar-refractivity contribution in [2.75, 3.05) is 26.2 Å². The molecule has 1 atom stereocenters. The molecule has 1 saturated heterocycles. The molecule has 0 saturated carbocycles. The summed E-state index contributed by atoms with van der Waals surface area (Å²) in [5, 5.41) is 0. The Hall–Kier alpha value is -1.06. The fraction of sp³-hybridized carbons (Fsp3) is 0.538. The smallest absolute Gasteiger partial charge is 0.119 e. The second-order valence-corrected chi connectivity index (χ2v) is 4.36. The molecule has 2 N–H and O–H groups in total. The third kappa shape index (κ3) is 3.51. The lowest BCUT2D eigenvalue weighted by Gasteiger charge is -2.14. The zero-order valence-corrected chi connectivity index (χ0v) is 9.64. The molecule has 1 fully saturated rings. The largest absolute Gasteiger partial charge is 0.494 e. The van der Waals surface area contributed by atoms with E-state index in [1.54, 1.807) is 0 Å². The predicted molar refractivity (Wildman–Crippen MR) is 65.6 cm³/mol. The molecular formula is C13H20N2O. The van der Waals surface area contributed by atoms with Crippen molar-refractivity contribution in [3.63, 3.8) is 0 Å². The van der Waals surface area contributed by atoms with Crippen LogP contribution < -0.4 is 10.5 Å². The normalized spacial score (nSPS) is 21.2. The topological polar surface area (TPSA) is 38.5 Å². The molecular weight excluding hydrogens is 200 g/mol.